The molecule has 1 atom stereocenters. The second kappa shape index (κ2) is 11.6. The predicted octanol–water partition coefficient (Wildman–Crippen LogP) is 4.60. The molecule has 160 valence electrons. The van der Waals surface area contributed by atoms with E-state index >= 15 is 0 Å². The first-order valence-corrected chi connectivity index (χ1v) is 11.1. The molecule has 0 aliphatic carbocycles. The number of aryl methyl sites for hydroxylation is 1. The summed E-state index contributed by atoms with van der Waals surface area (Å²) < 4.78 is 5.24. The van der Waals surface area contributed by atoms with Gasteiger partial charge in [0.15, 0.2) is 6.61 Å². The summed E-state index contributed by atoms with van der Waals surface area (Å²) in [6.45, 7) is 7.31. The van der Waals surface area contributed by atoms with Gasteiger partial charge in [0.1, 0.15) is 5.78 Å². The summed E-state index contributed by atoms with van der Waals surface area (Å²) in [5, 5.41) is 2.97. The molecule has 1 N–H and O–H groups in total. The van der Waals surface area contributed by atoms with Gasteiger partial charge in [0.2, 0.25) is 0 Å². The maximum atomic E-state index is 12.5. The zero-order valence-corrected chi connectivity index (χ0v) is 18.8. The summed E-state index contributed by atoms with van der Waals surface area (Å²) in [5.41, 5.74) is 2.61. The number of benzene rings is 2. The van der Waals surface area contributed by atoms with Crippen molar-refractivity contribution in [3.63, 3.8) is 0 Å². The van der Waals surface area contributed by atoms with E-state index in [9.17, 15) is 14.4 Å². The number of esters is 1. The lowest BCUT2D eigenvalue weighted by Gasteiger charge is -2.23. The molecular weight excluding hydrogens is 398 g/mol. The van der Waals surface area contributed by atoms with E-state index in [1.807, 2.05) is 26.0 Å². The van der Waals surface area contributed by atoms with Gasteiger partial charge in [-0.3, -0.25) is 9.59 Å². The Morgan fingerprint density at radius 2 is 1.70 bits per heavy atom. The number of amides is 1. The molecule has 0 aliphatic rings. The SMILES string of the molecule is CCc1ccc([C@H](NC(=O)COC(=O)c2ccccc2SCC(C)=O)C(C)C)cc1. The second-order valence-corrected chi connectivity index (χ2v) is 8.46. The van der Waals surface area contributed by atoms with Crippen LogP contribution in [-0.2, 0) is 20.7 Å². The van der Waals surface area contributed by atoms with Crippen LogP contribution >= 0.6 is 11.8 Å². The Labute approximate surface area is 182 Å². The van der Waals surface area contributed by atoms with Gasteiger partial charge in [-0.05, 0) is 42.5 Å². The molecule has 0 unspecified atom stereocenters. The second-order valence-electron chi connectivity index (χ2n) is 7.45. The van der Waals surface area contributed by atoms with Gasteiger partial charge in [-0.15, -0.1) is 11.8 Å². The zero-order chi connectivity index (χ0) is 22.1. The van der Waals surface area contributed by atoms with Crippen LogP contribution in [0.15, 0.2) is 53.4 Å². The van der Waals surface area contributed by atoms with Crippen LogP contribution in [0.4, 0.5) is 0 Å². The molecular formula is C24H29NO4S. The average Bonchev–Trinajstić information content (AvgIpc) is 2.74. The van der Waals surface area contributed by atoms with E-state index in [1.54, 1.807) is 24.3 Å². The maximum absolute atomic E-state index is 12.5. The Kier molecular flexibility index (Phi) is 9.12. The molecule has 0 saturated heterocycles. The number of nitrogens with one attached hydrogen (secondary N) is 1. The monoisotopic (exact) mass is 427 g/mol. The molecule has 0 aromatic heterocycles. The molecule has 0 fully saturated rings. The normalized spacial score (nSPS) is 11.8. The van der Waals surface area contributed by atoms with Crippen molar-refractivity contribution in [3.05, 3.63) is 65.2 Å². The molecule has 0 radical (unpaired) electrons. The molecule has 0 spiro atoms. The Balaban J connectivity index is 1.98. The van der Waals surface area contributed by atoms with Crippen LogP contribution in [-0.4, -0.2) is 30.0 Å². The fourth-order valence-corrected chi connectivity index (χ4v) is 3.80. The number of hydrogen-bond donors (Lipinski definition) is 1. The number of ketones is 1. The van der Waals surface area contributed by atoms with Gasteiger partial charge >= 0.3 is 5.97 Å². The summed E-state index contributed by atoms with van der Waals surface area (Å²) >= 11 is 1.28. The summed E-state index contributed by atoms with van der Waals surface area (Å²) in [4.78, 5) is 36.8. The molecule has 0 heterocycles. The summed E-state index contributed by atoms with van der Waals surface area (Å²) in [6, 6.07) is 14.9. The van der Waals surface area contributed by atoms with Gasteiger partial charge in [-0.25, -0.2) is 4.79 Å². The first-order chi connectivity index (χ1) is 14.3. The number of carbonyl (C=O) groups excluding carboxylic acids is 3. The molecule has 1 amide bonds. The van der Waals surface area contributed by atoms with Crippen LogP contribution in [0, 0.1) is 5.92 Å². The highest BCUT2D eigenvalue weighted by Gasteiger charge is 2.20. The highest BCUT2D eigenvalue weighted by Crippen LogP contribution is 2.24. The fraction of sp³-hybridized carbons (Fsp3) is 0.375. The van der Waals surface area contributed by atoms with Crippen molar-refractivity contribution in [2.24, 2.45) is 5.92 Å². The van der Waals surface area contributed by atoms with E-state index in [4.69, 9.17) is 4.74 Å². The van der Waals surface area contributed by atoms with Crippen LogP contribution in [0.3, 0.4) is 0 Å². The average molecular weight is 428 g/mol. The van der Waals surface area contributed by atoms with E-state index in [2.05, 4.69) is 24.4 Å². The van der Waals surface area contributed by atoms with Crippen molar-refractivity contribution in [3.8, 4) is 0 Å². The topological polar surface area (TPSA) is 72.5 Å². The molecule has 2 aromatic carbocycles. The molecule has 30 heavy (non-hydrogen) atoms. The summed E-state index contributed by atoms with van der Waals surface area (Å²) in [7, 11) is 0. The summed E-state index contributed by atoms with van der Waals surface area (Å²) in [5.74, 6) is -0.451. The number of ether oxygens (including phenoxy) is 1. The molecule has 2 aromatic rings. The minimum absolute atomic E-state index is 0.0224. The first-order valence-electron chi connectivity index (χ1n) is 10.1. The highest BCUT2D eigenvalue weighted by molar-refractivity contribution is 8.00. The fourth-order valence-electron chi connectivity index (χ4n) is 2.96. The van der Waals surface area contributed by atoms with E-state index in [0.717, 1.165) is 12.0 Å². The van der Waals surface area contributed by atoms with Crippen LogP contribution < -0.4 is 5.32 Å². The molecule has 5 nitrogen and oxygen atoms in total. The quantitative estimate of drug-likeness (QED) is 0.443. The van der Waals surface area contributed by atoms with Crippen molar-refractivity contribution in [2.45, 2.75) is 45.1 Å². The molecule has 0 aliphatic heterocycles. The Bertz CT molecular complexity index is 877. The van der Waals surface area contributed by atoms with Gasteiger partial charge < -0.3 is 10.1 Å². The maximum Gasteiger partial charge on any atom is 0.339 e. The number of Topliss-reactive ketones (excluding diaryl/α,β-unsaturated/α-hetero) is 1. The van der Waals surface area contributed by atoms with Crippen molar-refractivity contribution < 1.29 is 19.1 Å². The Hall–Kier alpha value is -2.60. The van der Waals surface area contributed by atoms with Gasteiger partial charge in [-0.2, -0.15) is 0 Å². The third kappa shape index (κ3) is 7.02. The standard InChI is InChI=1S/C24H29NO4S/c1-5-18-10-12-19(13-11-18)23(16(2)3)25-22(27)14-29-24(28)20-8-6-7-9-21(20)30-15-17(4)26/h6-13,16,23H,5,14-15H2,1-4H3,(H,25,27)/t23-/m1/s1. The van der Waals surface area contributed by atoms with Crippen LogP contribution in [0.5, 0.6) is 0 Å². The van der Waals surface area contributed by atoms with Gasteiger partial charge in [0, 0.05) is 4.90 Å². The van der Waals surface area contributed by atoms with Gasteiger partial charge in [0.25, 0.3) is 5.91 Å². The van der Waals surface area contributed by atoms with Crippen molar-refractivity contribution >= 4 is 29.4 Å². The zero-order valence-electron chi connectivity index (χ0n) is 17.9. The highest BCUT2D eigenvalue weighted by atomic mass is 32.2. The first kappa shape index (κ1) is 23.7. The van der Waals surface area contributed by atoms with E-state index in [-0.39, 0.29) is 36.0 Å². The minimum Gasteiger partial charge on any atom is -0.452 e. The van der Waals surface area contributed by atoms with Crippen molar-refractivity contribution in [2.75, 3.05) is 12.4 Å². The lowest BCUT2D eigenvalue weighted by Crippen LogP contribution is -2.35. The van der Waals surface area contributed by atoms with Crippen LogP contribution in [0.25, 0.3) is 0 Å². The van der Waals surface area contributed by atoms with Crippen molar-refractivity contribution in [1.82, 2.24) is 5.32 Å². The summed E-state index contributed by atoms with van der Waals surface area (Å²) in [6.07, 6.45) is 0.959. The van der Waals surface area contributed by atoms with Crippen LogP contribution in [0.2, 0.25) is 0 Å². The third-order valence-corrected chi connectivity index (χ3v) is 5.82. The third-order valence-electron chi connectivity index (χ3n) is 4.60. The van der Waals surface area contributed by atoms with Gasteiger partial charge in [0.05, 0.1) is 17.4 Å². The number of hydrogen-bond acceptors (Lipinski definition) is 5. The molecule has 2 rings (SSSR count). The van der Waals surface area contributed by atoms with E-state index < -0.39 is 5.97 Å². The molecule has 6 heteroatoms. The Morgan fingerprint density at radius 3 is 2.30 bits per heavy atom. The van der Waals surface area contributed by atoms with Gasteiger partial charge in [-0.1, -0.05) is 57.2 Å². The smallest absolute Gasteiger partial charge is 0.339 e. The largest absolute Gasteiger partial charge is 0.452 e. The lowest BCUT2D eigenvalue weighted by atomic mass is 9.95. The predicted molar refractivity (Wildman–Crippen MR) is 120 cm³/mol. The number of thioether (sulfide) groups is 1. The molecule has 0 bridgehead atoms. The van der Waals surface area contributed by atoms with Crippen LogP contribution in [0.1, 0.15) is 55.2 Å². The number of carbonyl (C=O) groups is 3. The molecule has 0 saturated carbocycles. The lowest BCUT2D eigenvalue weighted by molar-refractivity contribution is -0.125. The van der Waals surface area contributed by atoms with E-state index in [1.165, 1.54) is 24.2 Å². The minimum atomic E-state index is -0.579. The van der Waals surface area contributed by atoms with E-state index in [0.29, 0.717) is 10.5 Å². The number of rotatable bonds is 10. The Morgan fingerprint density at radius 1 is 1.03 bits per heavy atom. The van der Waals surface area contributed by atoms with Crippen molar-refractivity contribution in [1.29, 1.82) is 0 Å².